The molecule has 1 aliphatic heterocycles. The molecule has 0 aliphatic carbocycles. The van der Waals surface area contributed by atoms with Gasteiger partial charge in [-0.15, -0.1) is 0 Å². The number of amides is 1. The molecular formula is C20H27N5O2. The Bertz CT molecular complexity index is 855. The van der Waals surface area contributed by atoms with Crippen LogP contribution in [0.3, 0.4) is 0 Å². The Morgan fingerprint density at radius 3 is 2.70 bits per heavy atom. The van der Waals surface area contributed by atoms with Gasteiger partial charge in [-0.2, -0.15) is 0 Å². The predicted octanol–water partition coefficient (Wildman–Crippen LogP) is 1.25. The maximum Gasteiger partial charge on any atom is 0.252 e. The van der Waals surface area contributed by atoms with Crippen LogP contribution < -0.4 is 15.8 Å². The Balaban J connectivity index is 1.68. The summed E-state index contributed by atoms with van der Waals surface area (Å²) in [5, 5.41) is 2.95. The minimum absolute atomic E-state index is 0.0867. The summed E-state index contributed by atoms with van der Waals surface area (Å²) in [7, 11) is 2.08. The lowest BCUT2D eigenvalue weighted by Crippen LogP contribution is -2.45. The summed E-state index contributed by atoms with van der Waals surface area (Å²) in [5.74, 6) is 0.488. The highest BCUT2D eigenvalue weighted by Crippen LogP contribution is 2.14. The third-order valence-corrected chi connectivity index (χ3v) is 4.82. The van der Waals surface area contributed by atoms with Crippen molar-refractivity contribution in [3.63, 3.8) is 0 Å². The van der Waals surface area contributed by atoms with Gasteiger partial charge >= 0.3 is 0 Å². The lowest BCUT2D eigenvalue weighted by atomic mass is 10.1. The van der Waals surface area contributed by atoms with Gasteiger partial charge in [-0.05, 0) is 26.5 Å². The number of aryl methyl sites for hydroxylation is 1. The third kappa shape index (κ3) is 5.17. The average Bonchev–Trinajstić information content (AvgIpc) is 2.61. The van der Waals surface area contributed by atoms with Crippen LogP contribution in [-0.4, -0.2) is 54.0 Å². The van der Waals surface area contributed by atoms with Crippen LogP contribution >= 0.6 is 0 Å². The van der Waals surface area contributed by atoms with Crippen molar-refractivity contribution in [3.05, 3.63) is 57.5 Å². The Kier molecular flexibility index (Phi) is 5.91. The largest absolute Gasteiger partial charge is 0.348 e. The molecule has 7 heteroatoms. The maximum absolute atomic E-state index is 12.4. The van der Waals surface area contributed by atoms with E-state index in [1.54, 1.807) is 0 Å². The number of H-pyrrole nitrogens is 1. The van der Waals surface area contributed by atoms with Crippen molar-refractivity contribution in [2.45, 2.75) is 26.3 Å². The van der Waals surface area contributed by atoms with Gasteiger partial charge in [0.2, 0.25) is 11.9 Å². The number of hydrogen-bond acceptors (Lipinski definition) is 5. The molecule has 2 heterocycles. The third-order valence-electron chi connectivity index (χ3n) is 4.82. The molecule has 1 aromatic heterocycles. The van der Waals surface area contributed by atoms with Crippen molar-refractivity contribution in [2.24, 2.45) is 0 Å². The molecule has 0 saturated carbocycles. The SMILES string of the molecule is Cc1cccc(CC(=O)N[C@H](C)c2cc(=O)[nH]c(N3CCN(C)CC3)n2)c1. The topological polar surface area (TPSA) is 81.3 Å². The molecule has 1 fully saturated rings. The average molecular weight is 369 g/mol. The van der Waals surface area contributed by atoms with Gasteiger partial charge < -0.3 is 15.1 Å². The van der Waals surface area contributed by atoms with E-state index in [-0.39, 0.29) is 17.5 Å². The van der Waals surface area contributed by atoms with Crippen molar-refractivity contribution in [1.29, 1.82) is 0 Å². The molecule has 0 spiro atoms. The number of carbonyl (C=O) groups is 1. The molecule has 3 rings (SSSR count). The van der Waals surface area contributed by atoms with Crippen LogP contribution in [0, 0.1) is 6.92 Å². The van der Waals surface area contributed by atoms with E-state index in [0.717, 1.165) is 37.3 Å². The zero-order valence-electron chi connectivity index (χ0n) is 16.2. The lowest BCUT2D eigenvalue weighted by molar-refractivity contribution is -0.121. The quantitative estimate of drug-likeness (QED) is 0.829. The molecule has 1 atom stereocenters. The summed E-state index contributed by atoms with van der Waals surface area (Å²) in [6, 6.07) is 9.01. The molecule has 2 N–H and O–H groups in total. The van der Waals surface area contributed by atoms with Gasteiger partial charge in [-0.25, -0.2) is 4.98 Å². The summed E-state index contributed by atoms with van der Waals surface area (Å²) in [5.41, 5.74) is 2.47. The zero-order valence-corrected chi connectivity index (χ0v) is 16.2. The highest BCUT2D eigenvalue weighted by atomic mass is 16.1. The van der Waals surface area contributed by atoms with Gasteiger partial charge in [0.05, 0.1) is 18.2 Å². The monoisotopic (exact) mass is 369 g/mol. The van der Waals surface area contributed by atoms with Crippen LogP contribution in [0.15, 0.2) is 35.1 Å². The first-order chi connectivity index (χ1) is 12.9. The summed E-state index contributed by atoms with van der Waals surface area (Å²) in [6.45, 7) is 7.34. The number of carbonyl (C=O) groups excluding carboxylic acids is 1. The molecule has 0 bridgehead atoms. The van der Waals surface area contributed by atoms with E-state index in [1.807, 2.05) is 38.1 Å². The molecule has 2 aromatic rings. The van der Waals surface area contributed by atoms with Crippen molar-refractivity contribution in [2.75, 3.05) is 38.1 Å². The van der Waals surface area contributed by atoms with E-state index in [0.29, 0.717) is 18.1 Å². The van der Waals surface area contributed by atoms with Crippen molar-refractivity contribution < 1.29 is 4.79 Å². The van der Waals surface area contributed by atoms with Crippen LogP contribution in [0.5, 0.6) is 0 Å². The van der Waals surface area contributed by atoms with E-state index >= 15 is 0 Å². The second kappa shape index (κ2) is 8.35. The number of benzene rings is 1. The van der Waals surface area contributed by atoms with Crippen molar-refractivity contribution in [3.8, 4) is 0 Å². The van der Waals surface area contributed by atoms with Crippen molar-refractivity contribution >= 4 is 11.9 Å². The summed E-state index contributed by atoms with van der Waals surface area (Å²) < 4.78 is 0. The van der Waals surface area contributed by atoms with Crippen LogP contribution in [0.2, 0.25) is 0 Å². The minimum atomic E-state index is -0.337. The van der Waals surface area contributed by atoms with Crippen LogP contribution in [0.4, 0.5) is 5.95 Å². The summed E-state index contributed by atoms with van der Waals surface area (Å²) >= 11 is 0. The molecule has 7 nitrogen and oxygen atoms in total. The fourth-order valence-corrected chi connectivity index (χ4v) is 3.23. The van der Waals surface area contributed by atoms with E-state index in [1.165, 1.54) is 6.07 Å². The Morgan fingerprint density at radius 2 is 2.00 bits per heavy atom. The van der Waals surface area contributed by atoms with E-state index in [4.69, 9.17) is 0 Å². The molecule has 144 valence electrons. The highest BCUT2D eigenvalue weighted by molar-refractivity contribution is 5.79. The van der Waals surface area contributed by atoms with Gasteiger partial charge in [0, 0.05) is 32.2 Å². The molecule has 27 heavy (non-hydrogen) atoms. The molecule has 1 aromatic carbocycles. The standard InChI is InChI=1S/C20H27N5O2/c1-14-5-4-6-16(11-14)12-18(26)21-15(2)17-13-19(27)23-20(22-17)25-9-7-24(3)8-10-25/h4-6,11,13,15H,7-10,12H2,1-3H3,(H,21,26)(H,22,23,27)/t15-/m1/s1. The minimum Gasteiger partial charge on any atom is -0.348 e. The Morgan fingerprint density at radius 1 is 1.26 bits per heavy atom. The molecule has 0 unspecified atom stereocenters. The number of nitrogens with one attached hydrogen (secondary N) is 2. The van der Waals surface area contributed by atoms with Gasteiger partial charge in [0.25, 0.3) is 5.56 Å². The number of hydrogen-bond donors (Lipinski definition) is 2. The van der Waals surface area contributed by atoms with Gasteiger partial charge in [-0.1, -0.05) is 29.8 Å². The summed E-state index contributed by atoms with van der Waals surface area (Å²) in [4.78, 5) is 36.2. The second-order valence-corrected chi connectivity index (χ2v) is 7.24. The van der Waals surface area contributed by atoms with Crippen LogP contribution in [0.1, 0.15) is 29.8 Å². The number of aromatic nitrogens is 2. The number of aromatic amines is 1. The number of rotatable bonds is 5. The second-order valence-electron chi connectivity index (χ2n) is 7.24. The molecule has 0 radical (unpaired) electrons. The maximum atomic E-state index is 12.4. The number of anilines is 1. The molecular weight excluding hydrogens is 342 g/mol. The van der Waals surface area contributed by atoms with E-state index < -0.39 is 0 Å². The van der Waals surface area contributed by atoms with Crippen LogP contribution in [0.25, 0.3) is 0 Å². The van der Waals surface area contributed by atoms with E-state index in [9.17, 15) is 9.59 Å². The van der Waals surface area contributed by atoms with E-state index in [2.05, 4.69) is 32.1 Å². The lowest BCUT2D eigenvalue weighted by Gasteiger charge is -2.32. The van der Waals surface area contributed by atoms with Gasteiger partial charge in [-0.3, -0.25) is 14.6 Å². The Labute approximate surface area is 159 Å². The first kappa shape index (κ1) is 19.1. The zero-order chi connectivity index (χ0) is 19.4. The molecule has 1 aliphatic rings. The van der Waals surface area contributed by atoms with Gasteiger partial charge in [0.1, 0.15) is 0 Å². The number of likely N-dealkylation sites (N-methyl/N-ethyl adjacent to an activating group) is 1. The molecule has 1 amide bonds. The fourth-order valence-electron chi connectivity index (χ4n) is 3.23. The Hall–Kier alpha value is -2.67. The fraction of sp³-hybridized carbons (Fsp3) is 0.450. The van der Waals surface area contributed by atoms with Crippen LogP contribution in [-0.2, 0) is 11.2 Å². The first-order valence-corrected chi connectivity index (χ1v) is 9.30. The molecule has 1 saturated heterocycles. The van der Waals surface area contributed by atoms with Gasteiger partial charge in [0.15, 0.2) is 0 Å². The highest BCUT2D eigenvalue weighted by Gasteiger charge is 2.19. The number of nitrogens with zero attached hydrogens (tertiary/aromatic N) is 3. The smallest absolute Gasteiger partial charge is 0.252 e. The summed E-state index contributed by atoms with van der Waals surface area (Å²) in [6.07, 6.45) is 0.306. The number of piperazine rings is 1. The predicted molar refractivity (Wildman–Crippen MR) is 106 cm³/mol. The first-order valence-electron chi connectivity index (χ1n) is 9.30. The van der Waals surface area contributed by atoms with Crippen molar-refractivity contribution in [1.82, 2.24) is 20.2 Å². The normalized spacial score (nSPS) is 16.2.